The molecule has 0 fully saturated rings. The third-order valence-corrected chi connectivity index (χ3v) is 14.8. The van der Waals surface area contributed by atoms with Gasteiger partial charge in [0.05, 0.1) is 38.9 Å². The summed E-state index contributed by atoms with van der Waals surface area (Å²) in [6.07, 6.45) is 0. The molecule has 3 aromatic heterocycles. The highest BCUT2D eigenvalue weighted by atomic mass is 16.5. The average molecular weight is 893 g/mol. The van der Waals surface area contributed by atoms with Gasteiger partial charge in [-0.15, -0.1) is 0 Å². The van der Waals surface area contributed by atoms with Crippen LogP contribution in [0.4, 0.5) is 0 Å². The molecule has 326 valence electrons. The second-order valence-electron chi connectivity index (χ2n) is 18.4. The second-order valence-corrected chi connectivity index (χ2v) is 18.4. The molecule has 0 saturated carbocycles. The van der Waals surface area contributed by atoms with Crippen molar-refractivity contribution < 1.29 is 4.74 Å². The van der Waals surface area contributed by atoms with Crippen LogP contribution in [0.15, 0.2) is 243 Å². The van der Waals surface area contributed by atoms with Crippen molar-refractivity contribution in [3.05, 3.63) is 265 Å². The molecule has 0 atom stereocenters. The van der Waals surface area contributed by atoms with Crippen LogP contribution < -0.4 is 4.74 Å². The van der Waals surface area contributed by atoms with E-state index in [9.17, 15) is 0 Å². The molecule has 0 saturated heterocycles. The summed E-state index contributed by atoms with van der Waals surface area (Å²) in [6.45, 7) is 0. The maximum absolute atomic E-state index is 6.61. The van der Waals surface area contributed by atoms with Crippen molar-refractivity contribution in [2.75, 3.05) is 0 Å². The Balaban J connectivity index is 0.932. The lowest BCUT2D eigenvalue weighted by atomic mass is 9.66. The summed E-state index contributed by atoms with van der Waals surface area (Å²) in [5.41, 5.74) is 18.2. The molecule has 2 aliphatic rings. The van der Waals surface area contributed by atoms with Crippen LogP contribution in [0, 0.1) is 0 Å². The molecule has 0 radical (unpaired) electrons. The zero-order valence-corrected chi connectivity index (χ0v) is 37.8. The molecule has 0 unspecified atom stereocenters. The van der Waals surface area contributed by atoms with Gasteiger partial charge in [-0.2, -0.15) is 0 Å². The van der Waals surface area contributed by atoms with Gasteiger partial charge in [0.1, 0.15) is 11.5 Å². The summed E-state index contributed by atoms with van der Waals surface area (Å²) in [4.78, 5) is 10.8. The Hall–Kier alpha value is -9.32. The van der Waals surface area contributed by atoms with Gasteiger partial charge in [-0.25, -0.2) is 9.97 Å². The van der Waals surface area contributed by atoms with Gasteiger partial charge in [0.15, 0.2) is 5.82 Å². The van der Waals surface area contributed by atoms with Crippen LogP contribution in [0.25, 0.3) is 100 Å². The first-order valence-corrected chi connectivity index (χ1v) is 23.9. The maximum atomic E-state index is 6.61. The van der Waals surface area contributed by atoms with E-state index in [4.69, 9.17) is 14.7 Å². The Morgan fingerprint density at radius 1 is 0.329 bits per heavy atom. The van der Waals surface area contributed by atoms with Crippen LogP contribution in [0.1, 0.15) is 22.3 Å². The number of hydrogen-bond acceptors (Lipinski definition) is 3. The van der Waals surface area contributed by atoms with Crippen molar-refractivity contribution >= 4 is 43.6 Å². The lowest BCUT2D eigenvalue weighted by Crippen LogP contribution is -2.32. The molecule has 0 bridgehead atoms. The zero-order chi connectivity index (χ0) is 45.9. The van der Waals surface area contributed by atoms with E-state index in [0.29, 0.717) is 5.82 Å². The Labute approximate surface area is 403 Å². The number of para-hydroxylation sites is 5. The summed E-state index contributed by atoms with van der Waals surface area (Å²) >= 11 is 0. The molecular formula is C65H40N4O. The number of benzene rings is 10. The van der Waals surface area contributed by atoms with Crippen LogP contribution in [0.3, 0.4) is 0 Å². The number of nitrogens with zero attached hydrogens (tertiary/aromatic N) is 4. The van der Waals surface area contributed by atoms with Gasteiger partial charge in [0.25, 0.3) is 0 Å². The SMILES string of the molecule is c1ccc(-c2nc(-c3ccc4c(c3)-c3ccccc3C43c4ccccc4Oc4ccccc43)cc(-c3cccc4c3c3ccccc3n4-c3cccc(-n4c5ccccc5c5ccccc54)c3)n2)cc1. The minimum atomic E-state index is -0.547. The Morgan fingerprint density at radius 3 is 1.56 bits per heavy atom. The molecule has 0 amide bonds. The normalized spacial score (nSPS) is 13.1. The second kappa shape index (κ2) is 14.8. The molecule has 4 heterocycles. The molecule has 1 aliphatic heterocycles. The molecule has 0 N–H and O–H groups in total. The first kappa shape index (κ1) is 38.8. The number of fused-ring (bicyclic) bond motifs is 15. The Kier molecular flexibility index (Phi) is 8.21. The van der Waals surface area contributed by atoms with E-state index in [2.05, 4.69) is 246 Å². The van der Waals surface area contributed by atoms with Gasteiger partial charge in [0, 0.05) is 60.7 Å². The van der Waals surface area contributed by atoms with Gasteiger partial charge >= 0.3 is 0 Å². The molecule has 5 nitrogen and oxygen atoms in total. The highest BCUT2D eigenvalue weighted by Crippen LogP contribution is 2.62. The van der Waals surface area contributed by atoms with E-state index in [1.165, 1.54) is 44.1 Å². The summed E-state index contributed by atoms with van der Waals surface area (Å²) in [5.74, 6) is 2.44. The fraction of sp³-hybridized carbons (Fsp3) is 0.0154. The summed E-state index contributed by atoms with van der Waals surface area (Å²) in [6, 6.07) is 87.1. The van der Waals surface area contributed by atoms with E-state index in [0.717, 1.165) is 83.9 Å². The number of hydrogen-bond donors (Lipinski definition) is 0. The highest BCUT2D eigenvalue weighted by molar-refractivity contribution is 6.16. The number of aromatic nitrogens is 4. The van der Waals surface area contributed by atoms with E-state index >= 15 is 0 Å². The smallest absolute Gasteiger partial charge is 0.160 e. The third kappa shape index (κ3) is 5.43. The van der Waals surface area contributed by atoms with Crippen molar-refractivity contribution in [1.82, 2.24) is 19.1 Å². The molecule has 5 heteroatoms. The lowest BCUT2D eigenvalue weighted by molar-refractivity contribution is 0.436. The van der Waals surface area contributed by atoms with Gasteiger partial charge in [-0.05, 0) is 89.0 Å². The fourth-order valence-electron chi connectivity index (χ4n) is 12.0. The Morgan fingerprint density at radius 2 is 0.843 bits per heavy atom. The third-order valence-electron chi connectivity index (χ3n) is 14.8. The molecule has 1 aliphatic carbocycles. The summed E-state index contributed by atoms with van der Waals surface area (Å²) in [5, 5.41) is 4.79. The average Bonchev–Trinajstić information content (AvgIpc) is 4.06. The zero-order valence-electron chi connectivity index (χ0n) is 37.8. The summed E-state index contributed by atoms with van der Waals surface area (Å²) in [7, 11) is 0. The van der Waals surface area contributed by atoms with Crippen LogP contribution >= 0.6 is 0 Å². The molecule has 10 aromatic carbocycles. The van der Waals surface area contributed by atoms with E-state index in [-0.39, 0.29) is 0 Å². The maximum Gasteiger partial charge on any atom is 0.160 e. The topological polar surface area (TPSA) is 44.9 Å². The standard InChI is InChI=1S/C65H40N4O/c1-2-18-41(19-3-1)64-66-55(42-36-37-52-50(38-42)45-22-4-8-27-51(45)65(52)53-28-9-14-34-61(53)70-62-35-15-10-29-54(62)65)40-56(67-64)48-26-17-33-60-63(48)49-25-7-13-32-59(49)69(60)44-21-16-20-43(39-44)68-57-30-11-5-23-46(57)47-24-6-12-31-58(47)68/h1-40H. The van der Waals surface area contributed by atoms with E-state index < -0.39 is 5.41 Å². The quantitative estimate of drug-likeness (QED) is 0.173. The Bertz CT molecular complexity index is 4200. The van der Waals surface area contributed by atoms with Crippen molar-refractivity contribution in [3.8, 4) is 67.9 Å². The molecular weight excluding hydrogens is 853 g/mol. The first-order valence-electron chi connectivity index (χ1n) is 23.9. The lowest BCUT2D eigenvalue weighted by Gasteiger charge is -2.39. The van der Waals surface area contributed by atoms with E-state index in [1.807, 2.05) is 6.07 Å². The van der Waals surface area contributed by atoms with Crippen LogP contribution in [-0.2, 0) is 5.41 Å². The molecule has 15 rings (SSSR count). The largest absolute Gasteiger partial charge is 0.457 e. The predicted octanol–water partition coefficient (Wildman–Crippen LogP) is 16.1. The minimum Gasteiger partial charge on any atom is -0.457 e. The van der Waals surface area contributed by atoms with Gasteiger partial charge in [0.2, 0.25) is 0 Å². The van der Waals surface area contributed by atoms with E-state index in [1.54, 1.807) is 0 Å². The van der Waals surface area contributed by atoms with Crippen LogP contribution in [0.5, 0.6) is 11.5 Å². The van der Waals surface area contributed by atoms with Crippen LogP contribution in [0.2, 0.25) is 0 Å². The van der Waals surface area contributed by atoms with Crippen molar-refractivity contribution in [1.29, 1.82) is 0 Å². The van der Waals surface area contributed by atoms with Crippen LogP contribution in [-0.4, -0.2) is 19.1 Å². The monoisotopic (exact) mass is 892 g/mol. The molecule has 1 spiro atoms. The number of ether oxygens (including phenoxy) is 1. The van der Waals surface area contributed by atoms with Crippen molar-refractivity contribution in [2.45, 2.75) is 5.41 Å². The predicted molar refractivity (Wildman–Crippen MR) is 284 cm³/mol. The molecule has 70 heavy (non-hydrogen) atoms. The first-order chi connectivity index (χ1) is 34.7. The fourth-order valence-corrected chi connectivity index (χ4v) is 12.0. The highest BCUT2D eigenvalue weighted by Gasteiger charge is 2.51. The molecule has 13 aromatic rings. The van der Waals surface area contributed by atoms with Gasteiger partial charge in [-0.1, -0.05) is 176 Å². The van der Waals surface area contributed by atoms with Gasteiger partial charge in [-0.3, -0.25) is 0 Å². The van der Waals surface area contributed by atoms with Crippen molar-refractivity contribution in [2.24, 2.45) is 0 Å². The van der Waals surface area contributed by atoms with Gasteiger partial charge < -0.3 is 13.9 Å². The minimum absolute atomic E-state index is 0.547. The summed E-state index contributed by atoms with van der Waals surface area (Å²) < 4.78 is 11.4. The van der Waals surface area contributed by atoms with Crippen molar-refractivity contribution in [3.63, 3.8) is 0 Å². The number of rotatable bonds is 5.